The molecule has 0 saturated heterocycles. The van der Waals surface area contributed by atoms with Crippen LogP contribution in [0.4, 0.5) is 0 Å². The molecule has 1 aromatic heterocycles. The van der Waals surface area contributed by atoms with Crippen molar-refractivity contribution in [2.75, 3.05) is 0 Å². The molecule has 1 heterocycles. The van der Waals surface area contributed by atoms with E-state index in [4.69, 9.17) is 16.7 Å². The number of imidazole rings is 1. The average molecular weight is 147 g/mol. The minimum atomic E-state index is -0.572. The maximum absolute atomic E-state index is 8.88. The largest absolute Gasteiger partial charge is 0.385 e. The van der Waals surface area contributed by atoms with Crippen LogP contribution in [0, 0.1) is 0 Å². The summed E-state index contributed by atoms with van der Waals surface area (Å²) in [6.45, 7) is 1.62. The fourth-order valence-corrected chi connectivity index (χ4v) is 0.671. The number of aromatic nitrogens is 2. The minimum Gasteiger partial charge on any atom is -0.385 e. The first-order valence-corrected chi connectivity index (χ1v) is 2.96. The van der Waals surface area contributed by atoms with Gasteiger partial charge < -0.3 is 10.1 Å². The number of rotatable bonds is 1. The molecule has 0 radical (unpaired) electrons. The lowest BCUT2D eigenvalue weighted by Gasteiger charge is -1.95. The van der Waals surface area contributed by atoms with Crippen LogP contribution in [0.15, 0.2) is 6.20 Å². The molecule has 2 N–H and O–H groups in total. The Bertz CT molecular complexity index is 197. The minimum absolute atomic E-state index is 0.450. The lowest BCUT2D eigenvalue weighted by atomic mass is 10.4. The van der Waals surface area contributed by atoms with Crippen molar-refractivity contribution in [3.63, 3.8) is 0 Å². The third-order valence-electron chi connectivity index (χ3n) is 0.960. The van der Waals surface area contributed by atoms with E-state index in [1.54, 1.807) is 6.92 Å². The lowest BCUT2D eigenvalue weighted by Crippen LogP contribution is -1.92. The Hall–Kier alpha value is -0.540. The first-order chi connectivity index (χ1) is 4.20. The van der Waals surface area contributed by atoms with Gasteiger partial charge in [0.15, 0.2) is 0 Å². The van der Waals surface area contributed by atoms with Crippen LogP contribution in [0.25, 0.3) is 0 Å². The Balaban J connectivity index is 2.85. The lowest BCUT2D eigenvalue weighted by molar-refractivity contribution is 0.190. The quantitative estimate of drug-likeness (QED) is 0.624. The molecule has 50 valence electrons. The molecule has 1 atom stereocenters. The number of aliphatic hydroxyl groups excluding tert-OH is 1. The van der Waals surface area contributed by atoms with Gasteiger partial charge in [-0.25, -0.2) is 4.98 Å². The summed E-state index contributed by atoms with van der Waals surface area (Å²) in [5.41, 5.74) is 0. The molecule has 9 heavy (non-hydrogen) atoms. The average Bonchev–Trinajstić information content (AvgIpc) is 2.14. The number of aromatic amines is 1. The zero-order valence-corrected chi connectivity index (χ0v) is 5.68. The summed E-state index contributed by atoms with van der Waals surface area (Å²) < 4.78 is 0. The summed E-state index contributed by atoms with van der Waals surface area (Å²) in [4.78, 5) is 6.46. The Labute approximate surface area is 57.7 Å². The van der Waals surface area contributed by atoms with E-state index >= 15 is 0 Å². The van der Waals surface area contributed by atoms with E-state index in [-0.39, 0.29) is 0 Å². The molecule has 1 unspecified atom stereocenters. The van der Waals surface area contributed by atoms with Crippen LogP contribution < -0.4 is 0 Å². The maximum Gasteiger partial charge on any atom is 0.135 e. The molecule has 0 aliphatic carbocycles. The van der Waals surface area contributed by atoms with Crippen molar-refractivity contribution in [1.82, 2.24) is 9.97 Å². The van der Waals surface area contributed by atoms with E-state index in [0.717, 1.165) is 0 Å². The smallest absolute Gasteiger partial charge is 0.135 e. The molecule has 4 heteroatoms. The summed E-state index contributed by atoms with van der Waals surface area (Å²) in [6, 6.07) is 0. The van der Waals surface area contributed by atoms with Crippen LogP contribution in [0.5, 0.6) is 0 Å². The number of halogens is 1. The highest BCUT2D eigenvalue weighted by Crippen LogP contribution is 2.09. The molecular weight excluding hydrogens is 140 g/mol. The van der Waals surface area contributed by atoms with Crippen LogP contribution in [0.1, 0.15) is 18.9 Å². The first kappa shape index (κ1) is 6.58. The normalized spacial score (nSPS) is 13.7. The van der Waals surface area contributed by atoms with Crippen molar-refractivity contribution in [1.29, 1.82) is 0 Å². The monoisotopic (exact) mass is 146 g/mol. The van der Waals surface area contributed by atoms with Crippen molar-refractivity contribution >= 4 is 11.6 Å². The number of hydrogen-bond acceptors (Lipinski definition) is 2. The number of nitrogens with one attached hydrogen (secondary N) is 1. The fourth-order valence-electron chi connectivity index (χ4n) is 0.525. The topological polar surface area (TPSA) is 48.9 Å². The molecule has 0 aliphatic rings. The van der Waals surface area contributed by atoms with Crippen molar-refractivity contribution in [2.45, 2.75) is 13.0 Å². The molecule has 1 aromatic rings. The molecule has 3 nitrogen and oxygen atoms in total. The summed E-state index contributed by atoms with van der Waals surface area (Å²) >= 11 is 5.48. The van der Waals surface area contributed by atoms with E-state index in [9.17, 15) is 0 Å². The van der Waals surface area contributed by atoms with E-state index in [1.807, 2.05) is 0 Å². The Morgan fingerprint density at radius 1 is 1.89 bits per heavy atom. The molecule has 0 aliphatic heterocycles. The first-order valence-electron chi connectivity index (χ1n) is 2.58. The molecular formula is C5H7ClN2O. The van der Waals surface area contributed by atoms with Gasteiger partial charge >= 0.3 is 0 Å². The van der Waals surface area contributed by atoms with Gasteiger partial charge in [-0.2, -0.15) is 0 Å². The summed E-state index contributed by atoms with van der Waals surface area (Å²) in [5.74, 6) is 0.500. The van der Waals surface area contributed by atoms with Crippen LogP contribution in [0.2, 0.25) is 5.15 Å². The van der Waals surface area contributed by atoms with Gasteiger partial charge in [0.2, 0.25) is 0 Å². The van der Waals surface area contributed by atoms with Gasteiger partial charge in [0, 0.05) is 0 Å². The SMILES string of the molecule is CC(O)c1ncc(Cl)[nH]1. The molecule has 0 spiro atoms. The van der Waals surface area contributed by atoms with Gasteiger partial charge in [-0.15, -0.1) is 0 Å². The van der Waals surface area contributed by atoms with Crippen molar-refractivity contribution in [3.05, 3.63) is 17.2 Å². The number of H-pyrrole nitrogens is 1. The van der Waals surface area contributed by atoms with E-state index in [0.29, 0.717) is 11.0 Å². The predicted octanol–water partition coefficient (Wildman–Crippen LogP) is 1.12. The summed E-state index contributed by atoms with van der Waals surface area (Å²) in [5, 5.41) is 9.33. The van der Waals surface area contributed by atoms with Crippen molar-refractivity contribution < 1.29 is 5.11 Å². The highest BCUT2D eigenvalue weighted by atomic mass is 35.5. The van der Waals surface area contributed by atoms with Crippen LogP contribution in [-0.4, -0.2) is 15.1 Å². The summed E-state index contributed by atoms with van der Waals surface area (Å²) in [6.07, 6.45) is 0.890. The van der Waals surface area contributed by atoms with Crippen molar-refractivity contribution in [2.24, 2.45) is 0 Å². The molecule has 0 aromatic carbocycles. The van der Waals surface area contributed by atoms with E-state index in [1.165, 1.54) is 6.20 Å². The second-order valence-corrected chi connectivity index (χ2v) is 2.20. The molecule has 0 bridgehead atoms. The molecule has 0 saturated carbocycles. The van der Waals surface area contributed by atoms with Crippen LogP contribution >= 0.6 is 11.6 Å². The fraction of sp³-hybridized carbons (Fsp3) is 0.400. The number of nitrogens with zero attached hydrogens (tertiary/aromatic N) is 1. The second kappa shape index (κ2) is 2.37. The van der Waals surface area contributed by atoms with Gasteiger partial charge in [0.05, 0.1) is 6.20 Å². The van der Waals surface area contributed by atoms with Gasteiger partial charge in [-0.05, 0) is 6.92 Å². The molecule has 0 amide bonds. The zero-order valence-electron chi connectivity index (χ0n) is 4.93. The molecule has 1 rings (SSSR count). The Morgan fingerprint density at radius 3 is 2.78 bits per heavy atom. The van der Waals surface area contributed by atoms with Gasteiger partial charge in [-0.3, -0.25) is 0 Å². The zero-order chi connectivity index (χ0) is 6.85. The van der Waals surface area contributed by atoms with Gasteiger partial charge in [-0.1, -0.05) is 11.6 Å². The highest BCUT2D eigenvalue weighted by Gasteiger charge is 2.02. The second-order valence-electron chi connectivity index (χ2n) is 1.79. The third-order valence-corrected chi connectivity index (χ3v) is 1.15. The van der Waals surface area contributed by atoms with Crippen molar-refractivity contribution in [3.8, 4) is 0 Å². The maximum atomic E-state index is 8.88. The van der Waals surface area contributed by atoms with Crippen LogP contribution in [0.3, 0.4) is 0 Å². The third kappa shape index (κ3) is 1.43. The van der Waals surface area contributed by atoms with Gasteiger partial charge in [0.25, 0.3) is 0 Å². The predicted molar refractivity (Wildman–Crippen MR) is 34.2 cm³/mol. The number of hydrogen-bond donors (Lipinski definition) is 2. The highest BCUT2D eigenvalue weighted by molar-refractivity contribution is 6.29. The van der Waals surface area contributed by atoms with Crippen LogP contribution in [-0.2, 0) is 0 Å². The van der Waals surface area contributed by atoms with E-state index < -0.39 is 6.10 Å². The Kier molecular flexibility index (Phi) is 1.73. The van der Waals surface area contributed by atoms with E-state index in [2.05, 4.69) is 9.97 Å². The summed E-state index contributed by atoms with van der Waals surface area (Å²) in [7, 11) is 0. The Morgan fingerprint density at radius 2 is 2.56 bits per heavy atom. The standard InChI is InChI=1S/C5H7ClN2O/c1-3(9)5-7-2-4(6)8-5/h2-3,9H,1H3,(H,7,8). The van der Waals surface area contributed by atoms with Gasteiger partial charge in [0.1, 0.15) is 17.1 Å². The molecule has 0 fully saturated rings. The number of aliphatic hydroxyl groups is 1.